The minimum atomic E-state index is -0.442. The van der Waals surface area contributed by atoms with Crippen LogP contribution in [0.1, 0.15) is 16.4 Å². The van der Waals surface area contributed by atoms with Crippen molar-refractivity contribution in [3.05, 3.63) is 90.0 Å². The van der Waals surface area contributed by atoms with Crippen LogP contribution in [0.3, 0.4) is 0 Å². The SMILES string of the molecule is COc1ccc(NC(=O)[C@@H](Sc2cccc(C#N)c2)c2ccccc2)cc1. The standard InChI is InChI=1S/C22H18N2O2S/c1-26-19-12-10-18(11-13-19)24-22(25)21(17-7-3-2-4-8-17)27-20-9-5-6-16(14-20)15-23/h2-14,21H,1H3,(H,24,25)/t21-/m0/s1. The van der Waals surface area contributed by atoms with Crippen LogP contribution in [0.15, 0.2) is 83.8 Å². The van der Waals surface area contributed by atoms with Crippen LogP contribution in [0.2, 0.25) is 0 Å². The van der Waals surface area contributed by atoms with E-state index in [-0.39, 0.29) is 5.91 Å². The van der Waals surface area contributed by atoms with Gasteiger partial charge in [-0.25, -0.2) is 0 Å². The van der Waals surface area contributed by atoms with E-state index >= 15 is 0 Å². The van der Waals surface area contributed by atoms with Crippen molar-refractivity contribution in [2.75, 3.05) is 12.4 Å². The molecule has 1 atom stereocenters. The number of amides is 1. The van der Waals surface area contributed by atoms with Crippen LogP contribution in [0.5, 0.6) is 5.75 Å². The Labute approximate surface area is 162 Å². The smallest absolute Gasteiger partial charge is 0.242 e. The van der Waals surface area contributed by atoms with Crippen molar-refractivity contribution < 1.29 is 9.53 Å². The molecule has 0 aliphatic heterocycles. The second-order valence-corrected chi connectivity index (χ2v) is 6.94. The Kier molecular flexibility index (Phi) is 6.14. The molecule has 0 unspecified atom stereocenters. The highest BCUT2D eigenvalue weighted by Crippen LogP contribution is 2.36. The second kappa shape index (κ2) is 8.93. The van der Waals surface area contributed by atoms with Gasteiger partial charge in [0.25, 0.3) is 0 Å². The summed E-state index contributed by atoms with van der Waals surface area (Å²) in [6.07, 6.45) is 0. The van der Waals surface area contributed by atoms with Crippen LogP contribution in [-0.2, 0) is 4.79 Å². The molecule has 3 rings (SSSR count). The van der Waals surface area contributed by atoms with E-state index in [9.17, 15) is 4.79 Å². The molecule has 0 aliphatic rings. The minimum Gasteiger partial charge on any atom is -0.497 e. The highest BCUT2D eigenvalue weighted by molar-refractivity contribution is 8.00. The molecule has 1 N–H and O–H groups in total. The van der Waals surface area contributed by atoms with Crippen molar-refractivity contribution in [3.63, 3.8) is 0 Å². The van der Waals surface area contributed by atoms with Crippen molar-refractivity contribution in [2.24, 2.45) is 0 Å². The monoisotopic (exact) mass is 374 g/mol. The molecule has 0 aliphatic carbocycles. The molecule has 0 radical (unpaired) electrons. The van der Waals surface area contributed by atoms with E-state index in [0.717, 1.165) is 16.2 Å². The van der Waals surface area contributed by atoms with Gasteiger partial charge in [-0.05, 0) is 48.0 Å². The summed E-state index contributed by atoms with van der Waals surface area (Å²) in [6, 6.07) is 26.2. The maximum Gasteiger partial charge on any atom is 0.242 e. The number of carbonyl (C=O) groups is 1. The van der Waals surface area contributed by atoms with Gasteiger partial charge < -0.3 is 10.1 Å². The van der Waals surface area contributed by atoms with Crippen LogP contribution in [0.4, 0.5) is 5.69 Å². The van der Waals surface area contributed by atoms with Crippen molar-refractivity contribution in [3.8, 4) is 11.8 Å². The first-order valence-electron chi connectivity index (χ1n) is 8.36. The normalized spacial score (nSPS) is 11.3. The number of methoxy groups -OCH3 is 1. The molecule has 0 fully saturated rings. The Morgan fingerprint density at radius 2 is 1.78 bits per heavy atom. The summed E-state index contributed by atoms with van der Waals surface area (Å²) < 4.78 is 5.15. The zero-order valence-electron chi connectivity index (χ0n) is 14.8. The number of rotatable bonds is 6. The highest BCUT2D eigenvalue weighted by atomic mass is 32.2. The molecule has 0 saturated carbocycles. The number of anilines is 1. The number of nitriles is 1. The summed E-state index contributed by atoms with van der Waals surface area (Å²) in [6.45, 7) is 0. The zero-order chi connectivity index (χ0) is 19.1. The molecule has 0 spiro atoms. The van der Waals surface area contributed by atoms with Crippen molar-refractivity contribution in [1.29, 1.82) is 5.26 Å². The van der Waals surface area contributed by atoms with Gasteiger partial charge in [-0.1, -0.05) is 36.4 Å². The van der Waals surface area contributed by atoms with E-state index in [2.05, 4.69) is 11.4 Å². The average Bonchev–Trinajstić information content (AvgIpc) is 2.73. The molecule has 3 aromatic rings. The maximum atomic E-state index is 13.0. The van der Waals surface area contributed by atoms with Gasteiger partial charge in [0.2, 0.25) is 5.91 Å². The van der Waals surface area contributed by atoms with Crippen LogP contribution < -0.4 is 10.1 Å². The summed E-state index contributed by atoms with van der Waals surface area (Å²) in [7, 11) is 1.60. The summed E-state index contributed by atoms with van der Waals surface area (Å²) in [5.41, 5.74) is 2.17. The fraction of sp³-hybridized carbons (Fsp3) is 0.0909. The number of benzene rings is 3. The molecule has 0 heterocycles. The van der Waals surface area contributed by atoms with E-state index < -0.39 is 5.25 Å². The number of carbonyl (C=O) groups excluding carboxylic acids is 1. The van der Waals surface area contributed by atoms with Gasteiger partial charge in [0.1, 0.15) is 11.0 Å². The lowest BCUT2D eigenvalue weighted by Crippen LogP contribution is -2.19. The van der Waals surface area contributed by atoms with E-state index in [1.165, 1.54) is 11.8 Å². The third kappa shape index (κ3) is 4.90. The maximum absolute atomic E-state index is 13.0. The largest absolute Gasteiger partial charge is 0.497 e. The lowest BCUT2D eigenvalue weighted by Gasteiger charge is -2.17. The van der Waals surface area contributed by atoms with Gasteiger partial charge in [0.05, 0.1) is 18.7 Å². The van der Waals surface area contributed by atoms with Gasteiger partial charge in [-0.15, -0.1) is 11.8 Å². The predicted octanol–water partition coefficient (Wildman–Crippen LogP) is 5.04. The molecule has 0 bridgehead atoms. The number of nitrogens with one attached hydrogen (secondary N) is 1. The van der Waals surface area contributed by atoms with E-state index in [0.29, 0.717) is 11.3 Å². The minimum absolute atomic E-state index is 0.126. The lowest BCUT2D eigenvalue weighted by molar-refractivity contribution is -0.115. The van der Waals surface area contributed by atoms with Gasteiger partial charge in [-0.2, -0.15) is 5.26 Å². The Morgan fingerprint density at radius 1 is 1.04 bits per heavy atom. The molecule has 4 nitrogen and oxygen atoms in total. The number of hydrogen-bond acceptors (Lipinski definition) is 4. The molecular weight excluding hydrogens is 356 g/mol. The number of hydrogen-bond donors (Lipinski definition) is 1. The van der Waals surface area contributed by atoms with Gasteiger partial charge >= 0.3 is 0 Å². The van der Waals surface area contributed by atoms with E-state index in [1.54, 1.807) is 43.5 Å². The lowest BCUT2D eigenvalue weighted by atomic mass is 10.1. The predicted molar refractivity (Wildman–Crippen MR) is 108 cm³/mol. The van der Waals surface area contributed by atoms with Crippen LogP contribution in [0, 0.1) is 11.3 Å². The first-order chi connectivity index (χ1) is 13.2. The topological polar surface area (TPSA) is 62.1 Å². The Bertz CT molecular complexity index is 950. The first-order valence-corrected chi connectivity index (χ1v) is 9.24. The third-order valence-electron chi connectivity index (χ3n) is 3.92. The van der Waals surface area contributed by atoms with Gasteiger partial charge in [0, 0.05) is 10.6 Å². The van der Waals surface area contributed by atoms with Gasteiger partial charge in [-0.3, -0.25) is 4.79 Å². The molecular formula is C22H18N2O2S. The van der Waals surface area contributed by atoms with E-state index in [1.807, 2.05) is 42.5 Å². The molecule has 0 saturated heterocycles. The van der Waals surface area contributed by atoms with Crippen molar-refractivity contribution >= 4 is 23.4 Å². The summed E-state index contributed by atoms with van der Waals surface area (Å²) >= 11 is 1.42. The molecule has 3 aromatic carbocycles. The van der Waals surface area contributed by atoms with Crippen molar-refractivity contribution in [1.82, 2.24) is 0 Å². The quantitative estimate of drug-likeness (QED) is 0.614. The Morgan fingerprint density at radius 3 is 2.44 bits per heavy atom. The highest BCUT2D eigenvalue weighted by Gasteiger charge is 2.22. The van der Waals surface area contributed by atoms with Crippen molar-refractivity contribution in [2.45, 2.75) is 10.1 Å². The summed E-state index contributed by atoms with van der Waals surface area (Å²) in [5, 5.41) is 11.6. The molecule has 134 valence electrons. The molecule has 27 heavy (non-hydrogen) atoms. The van der Waals surface area contributed by atoms with Crippen LogP contribution in [-0.4, -0.2) is 13.0 Å². The fourth-order valence-electron chi connectivity index (χ4n) is 2.56. The van der Waals surface area contributed by atoms with E-state index in [4.69, 9.17) is 10.00 Å². The zero-order valence-corrected chi connectivity index (χ0v) is 15.6. The molecule has 1 amide bonds. The number of ether oxygens (including phenoxy) is 1. The molecule has 0 aromatic heterocycles. The first kappa shape index (κ1) is 18.6. The average molecular weight is 374 g/mol. The summed E-state index contributed by atoms with van der Waals surface area (Å²) in [5.74, 6) is 0.606. The second-order valence-electron chi connectivity index (χ2n) is 5.77. The summed E-state index contributed by atoms with van der Waals surface area (Å²) in [4.78, 5) is 13.9. The molecule has 5 heteroatoms. The number of nitrogens with zero attached hydrogens (tertiary/aromatic N) is 1. The number of thioether (sulfide) groups is 1. The van der Waals surface area contributed by atoms with Crippen LogP contribution >= 0.6 is 11.8 Å². The Balaban J connectivity index is 1.84. The van der Waals surface area contributed by atoms with Gasteiger partial charge in [0.15, 0.2) is 0 Å². The third-order valence-corrected chi connectivity index (χ3v) is 5.16. The fourth-order valence-corrected chi connectivity index (χ4v) is 3.64. The Hall–Kier alpha value is -3.23. The van der Waals surface area contributed by atoms with Crippen LogP contribution in [0.25, 0.3) is 0 Å².